The van der Waals surface area contributed by atoms with Gasteiger partial charge < -0.3 is 15.1 Å². The van der Waals surface area contributed by atoms with Crippen LogP contribution in [0.15, 0.2) is 89.7 Å². The van der Waals surface area contributed by atoms with E-state index in [1.807, 2.05) is 70.1 Å². The molecule has 0 aliphatic rings. The quantitative estimate of drug-likeness (QED) is 0.173. The number of nitrogens with zero attached hydrogens (tertiary/aromatic N) is 2. The highest BCUT2D eigenvalue weighted by molar-refractivity contribution is 7.85. The second-order valence-corrected chi connectivity index (χ2v) is 11.5. The summed E-state index contributed by atoms with van der Waals surface area (Å²) >= 11 is 0. The van der Waals surface area contributed by atoms with Crippen LogP contribution in [-0.4, -0.2) is 42.9 Å². The minimum Gasteiger partial charge on any atom is -0.867 e. The summed E-state index contributed by atoms with van der Waals surface area (Å²) < 4.78 is 33.2. The third-order valence-corrected chi connectivity index (χ3v) is 7.61. The molecule has 0 aliphatic heterocycles. The Labute approximate surface area is 238 Å². The largest absolute Gasteiger partial charge is 0.867 e. The molecule has 0 saturated carbocycles. The van der Waals surface area contributed by atoms with Crippen molar-refractivity contribution in [2.24, 2.45) is 0 Å². The first kappa shape index (κ1) is 29.7. The lowest BCUT2D eigenvalue weighted by molar-refractivity contribution is -0.271. The van der Waals surface area contributed by atoms with Crippen molar-refractivity contribution < 1.29 is 28.0 Å². The maximum absolute atomic E-state index is 13.4. The molecule has 214 valence electrons. The minimum atomic E-state index is -4.12. The smallest absolute Gasteiger partial charge is 0.303 e. The Kier molecular flexibility index (Phi) is 9.69. The number of hydrogen-bond acceptors (Lipinski definition) is 6. The molecule has 2 N–H and O–H groups in total. The van der Waals surface area contributed by atoms with E-state index >= 15 is 0 Å². The van der Waals surface area contributed by atoms with Crippen molar-refractivity contribution in [3.63, 3.8) is 0 Å². The van der Waals surface area contributed by atoms with E-state index in [4.69, 9.17) is 9.66 Å². The van der Waals surface area contributed by atoms with Gasteiger partial charge in [-0.1, -0.05) is 72.8 Å². The summed E-state index contributed by atoms with van der Waals surface area (Å²) in [6.07, 6.45) is 0.447. The fraction of sp³-hybridized carbons (Fsp3) is 0.258. The van der Waals surface area contributed by atoms with E-state index in [2.05, 4.69) is 0 Å². The molecule has 10 heteroatoms. The highest BCUT2D eigenvalue weighted by Gasteiger charge is 2.22. The molecule has 4 aromatic carbocycles. The minimum absolute atomic E-state index is 0.0467. The van der Waals surface area contributed by atoms with Crippen LogP contribution in [0.2, 0.25) is 0 Å². The molecule has 4 rings (SSSR count). The van der Waals surface area contributed by atoms with Crippen molar-refractivity contribution >= 4 is 21.8 Å². The summed E-state index contributed by atoms with van der Waals surface area (Å²) in [6, 6.07) is 26.1. The third-order valence-electron chi connectivity index (χ3n) is 6.80. The van der Waals surface area contributed by atoms with Gasteiger partial charge in [-0.3, -0.25) is 14.1 Å². The number of aliphatic carboxylic acids is 1. The Morgan fingerprint density at radius 2 is 1.37 bits per heavy atom. The van der Waals surface area contributed by atoms with E-state index in [1.54, 1.807) is 24.3 Å². The highest BCUT2D eigenvalue weighted by atomic mass is 32.2. The lowest BCUT2D eigenvalue weighted by Crippen LogP contribution is -2.47. The molecule has 0 spiro atoms. The molecule has 0 radical (unpaired) electrons. The van der Waals surface area contributed by atoms with Crippen LogP contribution >= 0.6 is 0 Å². The molecule has 4 aromatic rings. The van der Waals surface area contributed by atoms with E-state index in [1.165, 1.54) is 0 Å². The van der Waals surface area contributed by atoms with Crippen LogP contribution in [-0.2, 0) is 28.0 Å². The Bertz CT molecular complexity index is 1620. The second kappa shape index (κ2) is 13.4. The normalized spacial score (nSPS) is 11.4. The molecule has 0 saturated heterocycles. The third kappa shape index (κ3) is 8.12. The van der Waals surface area contributed by atoms with Crippen molar-refractivity contribution in [1.29, 1.82) is 0 Å². The van der Waals surface area contributed by atoms with Crippen LogP contribution in [0.25, 0.3) is 11.1 Å². The van der Waals surface area contributed by atoms with Gasteiger partial charge in [0, 0.05) is 41.9 Å². The number of carbonyl (C=O) groups is 1. The van der Waals surface area contributed by atoms with Gasteiger partial charge >= 0.3 is 5.97 Å². The molecular formula is C31H32N2O7S. The Hall–Kier alpha value is -4.28. The maximum Gasteiger partial charge on any atom is 0.303 e. The molecule has 0 aromatic heterocycles. The van der Waals surface area contributed by atoms with Crippen molar-refractivity contribution in [2.45, 2.75) is 32.4 Å². The summed E-state index contributed by atoms with van der Waals surface area (Å²) in [7, 11) is -4.12. The van der Waals surface area contributed by atoms with Crippen LogP contribution in [0.5, 0.6) is 5.75 Å². The molecule has 0 heterocycles. The molecule has 0 fully saturated rings. The summed E-state index contributed by atoms with van der Waals surface area (Å²) in [6.45, 7) is 1.45. The number of rotatable bonds is 14. The zero-order chi connectivity index (χ0) is 29.4. The van der Waals surface area contributed by atoms with E-state index in [0.29, 0.717) is 37.3 Å². The maximum atomic E-state index is 13.4. The summed E-state index contributed by atoms with van der Waals surface area (Å²) in [5.74, 6) is -1.67. The van der Waals surface area contributed by atoms with Gasteiger partial charge in [-0.2, -0.15) is 8.42 Å². The average Bonchev–Trinajstić information content (AvgIpc) is 2.93. The predicted molar refractivity (Wildman–Crippen MR) is 156 cm³/mol. The van der Waals surface area contributed by atoms with Gasteiger partial charge in [0.2, 0.25) is 5.36 Å². The molecule has 0 bridgehead atoms. The van der Waals surface area contributed by atoms with E-state index in [0.717, 1.165) is 11.1 Å². The lowest BCUT2D eigenvalue weighted by Gasteiger charge is -2.25. The first-order valence-corrected chi connectivity index (χ1v) is 14.9. The summed E-state index contributed by atoms with van der Waals surface area (Å²) in [5, 5.41) is 22.5. The van der Waals surface area contributed by atoms with Crippen LogP contribution in [0.4, 0.5) is 5.69 Å². The van der Waals surface area contributed by atoms with Crippen molar-refractivity contribution in [1.82, 2.24) is 4.58 Å². The SMILES string of the molecule is O=C(O)CCCN(CCCS(=O)(=O)O)c1ccc(-c2c([O-])c(=[N+](Cc3ccccc3)Cc3ccccc3)c2=O)cc1. The van der Waals surface area contributed by atoms with Gasteiger partial charge in [0.05, 0.1) is 5.75 Å². The van der Waals surface area contributed by atoms with Gasteiger partial charge in [-0.15, -0.1) is 0 Å². The van der Waals surface area contributed by atoms with Crippen molar-refractivity contribution in [3.8, 4) is 16.9 Å². The van der Waals surface area contributed by atoms with Gasteiger partial charge in [0.15, 0.2) is 13.1 Å². The summed E-state index contributed by atoms with van der Waals surface area (Å²) in [5.41, 5.74) is 2.92. The Balaban J connectivity index is 1.62. The van der Waals surface area contributed by atoms with Gasteiger partial charge in [-0.25, -0.2) is 4.58 Å². The van der Waals surface area contributed by atoms with Crippen molar-refractivity contribution in [3.05, 3.63) is 112 Å². The molecule has 41 heavy (non-hydrogen) atoms. The standard InChI is InChI=1S/C31H32N2O7S/c34-27(35)13-7-18-32(19-8-20-41(38,39)40)26-16-14-25(15-17-26)28-30(36)29(31(28)37)33(21-23-9-3-1-4-10-23)22-24-11-5-2-6-12-24/h1-6,9-12,14-17H,7-8,13,18-22H2,(H2-,34,35,36,37,38,39,40). The number of anilines is 1. The molecule has 0 atom stereocenters. The lowest BCUT2D eigenvalue weighted by atomic mass is 9.98. The van der Waals surface area contributed by atoms with Crippen LogP contribution in [0.3, 0.4) is 0 Å². The Morgan fingerprint density at radius 1 is 0.829 bits per heavy atom. The Morgan fingerprint density at radius 3 is 1.85 bits per heavy atom. The number of carboxylic acids is 1. The van der Waals surface area contributed by atoms with Gasteiger partial charge in [-0.05, 0) is 36.3 Å². The zero-order valence-corrected chi connectivity index (χ0v) is 23.3. The van der Waals surface area contributed by atoms with E-state index in [9.17, 15) is 23.1 Å². The van der Waals surface area contributed by atoms with Gasteiger partial charge in [0.25, 0.3) is 15.5 Å². The van der Waals surface area contributed by atoms with E-state index < -0.39 is 21.8 Å². The number of hydrogen-bond donors (Lipinski definition) is 2. The second-order valence-electron chi connectivity index (χ2n) is 9.88. The predicted octanol–water partition coefficient (Wildman–Crippen LogP) is 2.78. The zero-order valence-electron chi connectivity index (χ0n) is 22.5. The average molecular weight is 577 g/mol. The fourth-order valence-corrected chi connectivity index (χ4v) is 5.31. The van der Waals surface area contributed by atoms with Crippen LogP contribution in [0.1, 0.15) is 30.4 Å². The first-order valence-electron chi connectivity index (χ1n) is 13.3. The van der Waals surface area contributed by atoms with Crippen molar-refractivity contribution in [2.75, 3.05) is 23.7 Å². The molecule has 0 amide bonds. The highest BCUT2D eigenvalue weighted by Crippen LogP contribution is 2.26. The molecule has 0 aliphatic carbocycles. The molecule has 0 unspecified atom stereocenters. The van der Waals surface area contributed by atoms with Crippen LogP contribution < -0.4 is 25.4 Å². The fourth-order valence-electron chi connectivity index (χ4n) is 4.82. The topological polar surface area (TPSA) is 138 Å². The molecule has 9 nitrogen and oxygen atoms in total. The van der Waals surface area contributed by atoms with E-state index in [-0.39, 0.29) is 41.5 Å². The summed E-state index contributed by atoms with van der Waals surface area (Å²) in [4.78, 5) is 26.2. The number of carboxylic acid groups (broad SMARTS) is 1. The number of benzene rings is 3. The van der Waals surface area contributed by atoms with Gasteiger partial charge in [0.1, 0.15) is 0 Å². The molecular weight excluding hydrogens is 544 g/mol. The van der Waals surface area contributed by atoms with Crippen LogP contribution in [0, 0.1) is 0 Å². The first-order chi connectivity index (χ1) is 19.6. The monoisotopic (exact) mass is 576 g/mol.